The topological polar surface area (TPSA) is 70.8 Å². The van der Waals surface area contributed by atoms with Gasteiger partial charge in [0.2, 0.25) is 17.6 Å². The average molecular weight is 478 g/mol. The molecule has 0 N–H and O–H groups in total. The fourth-order valence-corrected chi connectivity index (χ4v) is 5.57. The van der Waals surface area contributed by atoms with Gasteiger partial charge in [0.05, 0.1) is 35.4 Å². The molecular formula is C26H17F3N2O4. The van der Waals surface area contributed by atoms with Crippen LogP contribution in [0.4, 0.5) is 18.9 Å². The summed E-state index contributed by atoms with van der Waals surface area (Å²) in [5.41, 5.74) is -0.0731. The van der Waals surface area contributed by atoms with E-state index >= 15 is 0 Å². The number of rotatable bonds is 3. The summed E-state index contributed by atoms with van der Waals surface area (Å²) in [6, 6.07) is 12.9. The first kappa shape index (κ1) is 21.4. The van der Waals surface area contributed by atoms with Crippen molar-refractivity contribution < 1.29 is 32.0 Å². The van der Waals surface area contributed by atoms with Crippen LogP contribution in [0.3, 0.4) is 0 Å². The summed E-state index contributed by atoms with van der Waals surface area (Å²) in [6.45, 7) is 0. The second-order valence-corrected chi connectivity index (χ2v) is 8.70. The van der Waals surface area contributed by atoms with Crippen LogP contribution in [0.2, 0.25) is 0 Å². The second kappa shape index (κ2) is 7.43. The molecule has 0 spiro atoms. The maximum absolute atomic E-state index is 13.8. The Morgan fingerprint density at radius 1 is 0.886 bits per heavy atom. The van der Waals surface area contributed by atoms with Crippen molar-refractivity contribution in [3.8, 4) is 0 Å². The molecule has 0 unspecified atom stereocenters. The summed E-state index contributed by atoms with van der Waals surface area (Å²) < 4.78 is 46.6. The number of Topliss-reactive ketones (excluding diaryl/α,β-unsaturated/α-hetero) is 1. The molecule has 2 fully saturated rings. The number of furan rings is 1. The zero-order valence-electron chi connectivity index (χ0n) is 18.0. The normalized spacial score (nSPS) is 25.0. The van der Waals surface area contributed by atoms with Gasteiger partial charge in [0.25, 0.3) is 0 Å². The smallest absolute Gasteiger partial charge is 0.418 e. The van der Waals surface area contributed by atoms with E-state index in [0.717, 1.165) is 23.3 Å². The lowest BCUT2D eigenvalue weighted by Gasteiger charge is -2.35. The average Bonchev–Trinajstić information content (AvgIpc) is 3.55. The number of fused-ring (bicyclic) bond motifs is 5. The van der Waals surface area contributed by atoms with E-state index in [9.17, 15) is 27.6 Å². The molecule has 0 aliphatic carbocycles. The van der Waals surface area contributed by atoms with E-state index in [-0.39, 0.29) is 5.76 Å². The summed E-state index contributed by atoms with van der Waals surface area (Å²) in [6.07, 6.45) is 0.0167. The van der Waals surface area contributed by atoms with Crippen molar-refractivity contribution in [2.75, 3.05) is 4.90 Å². The summed E-state index contributed by atoms with van der Waals surface area (Å²) in [5.74, 6) is -4.31. The Labute approximate surface area is 197 Å². The standard InChI is InChI=1S/C26H17F3N2O4/c27-26(28,29)16-8-3-4-9-17(16)31-24(33)19-20(25(31)34)22(23(32)18-10-5-13-35-18)30-12-11-14-6-1-2-7-15(14)21(19)30/h1-13,19-22H/t19-,20+,21-,22-/m0/s1. The van der Waals surface area contributed by atoms with Gasteiger partial charge in [-0.05, 0) is 41.5 Å². The quantitative estimate of drug-likeness (QED) is 0.403. The Bertz CT molecular complexity index is 1400. The Balaban J connectivity index is 1.52. The van der Waals surface area contributed by atoms with Crippen LogP contribution < -0.4 is 4.90 Å². The van der Waals surface area contributed by atoms with E-state index in [1.54, 1.807) is 29.3 Å². The van der Waals surface area contributed by atoms with Gasteiger partial charge in [0.1, 0.15) is 6.04 Å². The summed E-state index contributed by atoms with van der Waals surface area (Å²) in [5, 5.41) is 0. The van der Waals surface area contributed by atoms with Crippen molar-refractivity contribution in [1.29, 1.82) is 0 Å². The van der Waals surface area contributed by atoms with Crippen molar-refractivity contribution in [2.24, 2.45) is 11.8 Å². The van der Waals surface area contributed by atoms with Gasteiger partial charge in [-0.2, -0.15) is 13.2 Å². The number of carbonyl (C=O) groups is 3. The number of para-hydroxylation sites is 1. The van der Waals surface area contributed by atoms with Crippen molar-refractivity contribution in [2.45, 2.75) is 18.3 Å². The van der Waals surface area contributed by atoms with E-state index in [2.05, 4.69) is 0 Å². The van der Waals surface area contributed by atoms with Crippen LogP contribution in [-0.2, 0) is 15.8 Å². The number of benzene rings is 2. The fourth-order valence-electron chi connectivity index (χ4n) is 5.57. The number of carbonyl (C=O) groups excluding carboxylic acids is 3. The number of alkyl halides is 3. The van der Waals surface area contributed by atoms with E-state index in [1.165, 1.54) is 30.5 Å². The summed E-state index contributed by atoms with van der Waals surface area (Å²) in [7, 11) is 0. The van der Waals surface area contributed by atoms with Crippen LogP contribution in [0.15, 0.2) is 77.5 Å². The highest BCUT2D eigenvalue weighted by Crippen LogP contribution is 2.54. The van der Waals surface area contributed by atoms with Crippen LogP contribution in [-0.4, -0.2) is 28.5 Å². The molecule has 4 atom stereocenters. The van der Waals surface area contributed by atoms with Gasteiger partial charge < -0.3 is 9.32 Å². The molecule has 0 radical (unpaired) electrons. The predicted molar refractivity (Wildman–Crippen MR) is 118 cm³/mol. The van der Waals surface area contributed by atoms with Gasteiger partial charge in [0, 0.05) is 6.20 Å². The first-order chi connectivity index (χ1) is 16.8. The predicted octanol–water partition coefficient (Wildman–Crippen LogP) is 4.70. The van der Waals surface area contributed by atoms with Gasteiger partial charge in [-0.3, -0.25) is 14.4 Å². The molecule has 9 heteroatoms. The number of anilines is 1. The minimum atomic E-state index is -4.77. The highest BCUT2D eigenvalue weighted by Gasteiger charge is 2.65. The maximum Gasteiger partial charge on any atom is 0.418 e. The minimum absolute atomic E-state index is 0.0102. The molecule has 6 rings (SSSR count). The Kier molecular flexibility index (Phi) is 4.54. The Morgan fingerprint density at radius 3 is 2.34 bits per heavy atom. The molecule has 2 saturated heterocycles. The van der Waals surface area contributed by atoms with Gasteiger partial charge >= 0.3 is 6.18 Å². The lowest BCUT2D eigenvalue weighted by molar-refractivity contribution is -0.137. The number of nitrogens with zero attached hydrogens (tertiary/aromatic N) is 2. The molecule has 3 aliphatic rings. The molecule has 3 aromatic rings. The van der Waals surface area contributed by atoms with Crippen LogP contribution in [0.1, 0.15) is 33.3 Å². The monoisotopic (exact) mass is 478 g/mol. The van der Waals surface area contributed by atoms with E-state index in [0.29, 0.717) is 4.90 Å². The summed E-state index contributed by atoms with van der Waals surface area (Å²) >= 11 is 0. The third kappa shape index (κ3) is 3.00. The summed E-state index contributed by atoms with van der Waals surface area (Å²) in [4.78, 5) is 43.3. The lowest BCUT2D eigenvalue weighted by atomic mass is 9.84. The molecule has 4 heterocycles. The number of ketones is 1. The molecule has 176 valence electrons. The molecule has 3 aliphatic heterocycles. The van der Waals surface area contributed by atoms with Crippen LogP contribution in [0, 0.1) is 11.8 Å². The van der Waals surface area contributed by atoms with Crippen molar-refractivity contribution in [3.05, 3.63) is 95.6 Å². The first-order valence-electron chi connectivity index (χ1n) is 11.0. The zero-order valence-corrected chi connectivity index (χ0v) is 18.0. The number of amides is 2. The van der Waals surface area contributed by atoms with Crippen LogP contribution >= 0.6 is 0 Å². The third-order valence-corrected chi connectivity index (χ3v) is 6.94. The van der Waals surface area contributed by atoms with Gasteiger partial charge in [-0.25, -0.2) is 4.90 Å². The minimum Gasteiger partial charge on any atom is -0.461 e. The fraction of sp³-hybridized carbons (Fsp3) is 0.192. The number of imide groups is 1. The molecule has 6 nitrogen and oxygen atoms in total. The first-order valence-corrected chi connectivity index (χ1v) is 11.0. The third-order valence-electron chi connectivity index (χ3n) is 6.94. The number of hydrogen-bond donors (Lipinski definition) is 0. The zero-order chi connectivity index (χ0) is 24.5. The van der Waals surface area contributed by atoms with Gasteiger partial charge in [-0.15, -0.1) is 0 Å². The molecular weight excluding hydrogens is 461 g/mol. The van der Waals surface area contributed by atoms with Crippen LogP contribution in [0.25, 0.3) is 6.08 Å². The van der Waals surface area contributed by atoms with Gasteiger partial charge in [-0.1, -0.05) is 36.4 Å². The van der Waals surface area contributed by atoms with Crippen molar-refractivity contribution in [1.82, 2.24) is 4.90 Å². The Hall–Kier alpha value is -4.14. The lowest BCUT2D eigenvalue weighted by Crippen LogP contribution is -2.44. The number of halogens is 3. The van der Waals surface area contributed by atoms with Crippen LogP contribution in [0.5, 0.6) is 0 Å². The maximum atomic E-state index is 13.8. The molecule has 35 heavy (non-hydrogen) atoms. The van der Waals surface area contributed by atoms with Crippen molar-refractivity contribution in [3.63, 3.8) is 0 Å². The Morgan fingerprint density at radius 2 is 1.60 bits per heavy atom. The SMILES string of the molecule is O=C(c1ccco1)[C@@H]1[C@@H]2C(=O)N(c3ccccc3C(F)(F)F)C(=O)[C@@H]2[C@@H]2c3ccccc3C=CN12. The molecule has 0 saturated carbocycles. The van der Waals surface area contributed by atoms with Crippen molar-refractivity contribution >= 4 is 29.4 Å². The largest absolute Gasteiger partial charge is 0.461 e. The molecule has 0 bridgehead atoms. The van der Waals surface area contributed by atoms with E-state index in [1.807, 2.05) is 12.1 Å². The highest BCUT2D eigenvalue weighted by molar-refractivity contribution is 6.25. The second-order valence-electron chi connectivity index (χ2n) is 8.70. The van der Waals surface area contributed by atoms with Gasteiger partial charge in [0.15, 0.2) is 5.76 Å². The highest BCUT2D eigenvalue weighted by atomic mass is 19.4. The molecule has 2 aromatic carbocycles. The molecule has 1 aromatic heterocycles. The van der Waals surface area contributed by atoms with E-state index in [4.69, 9.17) is 4.42 Å². The van der Waals surface area contributed by atoms with E-state index < -0.39 is 58.9 Å². The molecule has 2 amide bonds. The number of hydrogen-bond acceptors (Lipinski definition) is 5.